The van der Waals surface area contributed by atoms with Gasteiger partial charge in [0.05, 0.1) is 11.4 Å². The van der Waals surface area contributed by atoms with Gasteiger partial charge in [-0.1, -0.05) is 0 Å². The first-order chi connectivity index (χ1) is 16.5. The highest BCUT2D eigenvalue weighted by Crippen LogP contribution is 2.35. The third kappa shape index (κ3) is 3.63. The van der Waals surface area contributed by atoms with E-state index in [1.165, 1.54) is 6.07 Å². The zero-order chi connectivity index (χ0) is 23.2. The number of nitrogens with one attached hydrogen (secondary N) is 3. The van der Waals surface area contributed by atoms with Crippen LogP contribution in [0, 0.1) is 12.7 Å². The first-order valence-corrected chi connectivity index (χ1v) is 11.5. The lowest BCUT2D eigenvalue weighted by molar-refractivity contribution is -0.121. The van der Waals surface area contributed by atoms with Gasteiger partial charge in [0.15, 0.2) is 5.82 Å². The summed E-state index contributed by atoms with van der Waals surface area (Å²) in [6.07, 6.45) is 6.14. The second-order valence-electron chi connectivity index (χ2n) is 8.80. The number of hydrogen-bond donors (Lipinski definition) is 3. The molecule has 0 aliphatic carbocycles. The number of carbonyl (C=O) groups is 1. The second-order valence-corrected chi connectivity index (χ2v) is 8.80. The molecule has 0 fully saturated rings. The molecule has 172 valence electrons. The lowest BCUT2D eigenvalue weighted by Gasteiger charge is -2.21. The molecule has 2 aliphatic rings. The average molecular weight is 458 g/mol. The van der Waals surface area contributed by atoms with E-state index in [4.69, 9.17) is 0 Å². The number of hydrogen-bond acceptors (Lipinski definition) is 6. The molecule has 3 N–H and O–H groups in total. The first kappa shape index (κ1) is 20.6. The number of carbonyl (C=O) groups excluding carboxylic acids is 1. The van der Waals surface area contributed by atoms with Crippen molar-refractivity contribution in [2.24, 2.45) is 0 Å². The van der Waals surface area contributed by atoms with Crippen LogP contribution < -0.4 is 16.0 Å². The highest BCUT2D eigenvalue weighted by atomic mass is 19.1. The molecular formula is C25H24FN7O. The highest BCUT2D eigenvalue weighted by Gasteiger charge is 2.19. The van der Waals surface area contributed by atoms with E-state index < -0.39 is 0 Å². The van der Waals surface area contributed by atoms with Gasteiger partial charge < -0.3 is 16.0 Å². The van der Waals surface area contributed by atoms with Gasteiger partial charge in [0.25, 0.3) is 0 Å². The van der Waals surface area contributed by atoms with Crippen molar-refractivity contribution in [3.05, 3.63) is 59.4 Å². The zero-order valence-corrected chi connectivity index (χ0v) is 18.8. The number of nitrogens with zero attached hydrogens (tertiary/aromatic N) is 4. The maximum absolute atomic E-state index is 15.1. The van der Waals surface area contributed by atoms with Crippen molar-refractivity contribution < 1.29 is 9.18 Å². The van der Waals surface area contributed by atoms with Crippen molar-refractivity contribution in [3.8, 4) is 11.1 Å². The fourth-order valence-electron chi connectivity index (χ4n) is 4.77. The summed E-state index contributed by atoms with van der Waals surface area (Å²) < 4.78 is 16.8. The summed E-state index contributed by atoms with van der Waals surface area (Å²) in [5.74, 6) is 0.880. The van der Waals surface area contributed by atoms with Gasteiger partial charge in [-0.25, -0.2) is 9.37 Å². The van der Waals surface area contributed by atoms with Gasteiger partial charge >= 0.3 is 0 Å². The summed E-state index contributed by atoms with van der Waals surface area (Å²) in [7, 11) is 0. The van der Waals surface area contributed by atoms with Crippen molar-refractivity contribution >= 4 is 34.0 Å². The molecule has 2 aliphatic heterocycles. The summed E-state index contributed by atoms with van der Waals surface area (Å²) in [5.41, 5.74) is 5.36. The molecule has 0 spiro atoms. The van der Waals surface area contributed by atoms with E-state index in [1.807, 2.05) is 25.1 Å². The van der Waals surface area contributed by atoms with Crippen LogP contribution in [0.3, 0.4) is 0 Å². The zero-order valence-electron chi connectivity index (χ0n) is 18.8. The fraction of sp³-hybridized carbons (Fsp3) is 0.280. The number of halogens is 1. The van der Waals surface area contributed by atoms with Crippen molar-refractivity contribution in [1.29, 1.82) is 0 Å². The summed E-state index contributed by atoms with van der Waals surface area (Å²) in [6.45, 7) is 3.72. The van der Waals surface area contributed by atoms with E-state index in [-0.39, 0.29) is 18.3 Å². The number of rotatable bonds is 3. The van der Waals surface area contributed by atoms with Gasteiger partial charge in [-0.05, 0) is 48.9 Å². The molecule has 5 heterocycles. The Hall–Kier alpha value is -4.01. The molecule has 34 heavy (non-hydrogen) atoms. The quantitative estimate of drug-likeness (QED) is 0.434. The monoisotopic (exact) mass is 457 g/mol. The molecule has 3 aromatic heterocycles. The molecule has 6 rings (SSSR count). The Morgan fingerprint density at radius 3 is 2.79 bits per heavy atom. The first-order valence-electron chi connectivity index (χ1n) is 11.5. The second kappa shape index (κ2) is 8.09. The van der Waals surface area contributed by atoms with Gasteiger partial charge in [0, 0.05) is 60.2 Å². The molecule has 0 radical (unpaired) electrons. The minimum Gasteiger partial charge on any atom is -0.383 e. The molecule has 0 saturated carbocycles. The molecule has 4 aromatic rings. The number of aromatic nitrogens is 4. The lowest BCUT2D eigenvalue weighted by atomic mass is 9.96. The van der Waals surface area contributed by atoms with Crippen LogP contribution in [-0.2, 0) is 24.2 Å². The maximum atomic E-state index is 15.1. The number of benzene rings is 1. The van der Waals surface area contributed by atoms with Gasteiger partial charge in [-0.3, -0.25) is 14.5 Å². The molecule has 0 unspecified atom stereocenters. The Morgan fingerprint density at radius 2 is 1.88 bits per heavy atom. The van der Waals surface area contributed by atoms with Crippen molar-refractivity contribution in [3.63, 3.8) is 0 Å². The molecule has 1 amide bonds. The van der Waals surface area contributed by atoms with Crippen LogP contribution in [0.5, 0.6) is 0 Å². The van der Waals surface area contributed by atoms with E-state index in [1.54, 1.807) is 17.1 Å². The van der Waals surface area contributed by atoms with Crippen LogP contribution in [0.2, 0.25) is 0 Å². The van der Waals surface area contributed by atoms with E-state index in [0.717, 1.165) is 59.4 Å². The number of pyridine rings is 2. The average Bonchev–Trinajstić information content (AvgIpc) is 3.11. The van der Waals surface area contributed by atoms with E-state index in [2.05, 4.69) is 31.0 Å². The fourth-order valence-corrected chi connectivity index (χ4v) is 4.77. The third-order valence-corrected chi connectivity index (χ3v) is 6.52. The van der Waals surface area contributed by atoms with Crippen LogP contribution in [0.25, 0.3) is 21.9 Å². The minimum absolute atomic E-state index is 0.0473. The summed E-state index contributed by atoms with van der Waals surface area (Å²) in [5, 5.41) is 15.6. The standard InChI is InChI=1S/C25H24FN7O/c1-14-19(12-29-21-3-2-5-28-25(14)21)18-7-15-9-22(30-11-16(15)8-20(18)26)31-23-10-17-4-6-27-24(34)13-33(17)32-23/h7-12,28H,2-6,13H2,1H3,(H,27,34)(H,30,31,32). The SMILES string of the molecule is Cc1c(-c2cc3cc(Nc4cc5n(n4)CC(=O)NCC5)ncc3cc2F)cnc2c1NCCC2. The Balaban J connectivity index is 1.35. The Kier molecular flexibility index (Phi) is 4.90. The number of fused-ring (bicyclic) bond motifs is 3. The van der Waals surface area contributed by atoms with Crippen molar-refractivity contribution in [2.45, 2.75) is 32.7 Å². The van der Waals surface area contributed by atoms with Gasteiger partial charge in [0.2, 0.25) is 5.91 Å². The third-order valence-electron chi connectivity index (χ3n) is 6.52. The van der Waals surface area contributed by atoms with E-state index in [9.17, 15) is 4.79 Å². The van der Waals surface area contributed by atoms with Crippen LogP contribution in [0.4, 0.5) is 21.7 Å². The smallest absolute Gasteiger partial charge is 0.241 e. The predicted octanol–water partition coefficient (Wildman–Crippen LogP) is 3.71. The largest absolute Gasteiger partial charge is 0.383 e. The van der Waals surface area contributed by atoms with Gasteiger partial charge in [0.1, 0.15) is 18.2 Å². The topological polar surface area (TPSA) is 96.8 Å². The molecule has 0 bridgehead atoms. The van der Waals surface area contributed by atoms with Gasteiger partial charge in [-0.15, -0.1) is 0 Å². The van der Waals surface area contributed by atoms with E-state index >= 15 is 4.39 Å². The van der Waals surface area contributed by atoms with Crippen LogP contribution in [0.15, 0.2) is 36.7 Å². The molecule has 1 aromatic carbocycles. The number of amides is 1. The molecule has 8 nitrogen and oxygen atoms in total. The number of aryl methyl sites for hydroxylation is 1. The van der Waals surface area contributed by atoms with Crippen molar-refractivity contribution in [1.82, 2.24) is 25.1 Å². The summed E-state index contributed by atoms with van der Waals surface area (Å²) in [6, 6.07) is 7.18. The Morgan fingerprint density at radius 1 is 0.971 bits per heavy atom. The summed E-state index contributed by atoms with van der Waals surface area (Å²) in [4.78, 5) is 20.8. The van der Waals surface area contributed by atoms with Crippen LogP contribution in [0.1, 0.15) is 23.4 Å². The van der Waals surface area contributed by atoms with Crippen LogP contribution in [-0.4, -0.2) is 38.7 Å². The molecular weight excluding hydrogens is 433 g/mol. The normalized spacial score (nSPS) is 15.2. The van der Waals surface area contributed by atoms with Crippen molar-refractivity contribution in [2.75, 3.05) is 23.7 Å². The van der Waals surface area contributed by atoms with Gasteiger partial charge in [-0.2, -0.15) is 5.10 Å². The molecule has 0 atom stereocenters. The Labute approximate surface area is 195 Å². The van der Waals surface area contributed by atoms with Crippen LogP contribution >= 0.6 is 0 Å². The molecule has 9 heteroatoms. The van der Waals surface area contributed by atoms with E-state index in [0.29, 0.717) is 29.1 Å². The maximum Gasteiger partial charge on any atom is 0.241 e. The lowest BCUT2D eigenvalue weighted by Crippen LogP contribution is -2.25. The highest BCUT2D eigenvalue weighted by molar-refractivity contribution is 5.90. The minimum atomic E-state index is -0.299. The molecule has 0 saturated heterocycles. The summed E-state index contributed by atoms with van der Waals surface area (Å²) >= 11 is 0. The predicted molar refractivity (Wildman–Crippen MR) is 129 cm³/mol. The Bertz CT molecular complexity index is 1450. The number of anilines is 3.